The van der Waals surface area contributed by atoms with E-state index in [1.807, 2.05) is 0 Å². The average Bonchev–Trinajstić information content (AvgIpc) is 2.51. The van der Waals surface area contributed by atoms with E-state index in [4.69, 9.17) is 9.84 Å². The lowest BCUT2D eigenvalue weighted by Crippen LogP contribution is -2.42. The Kier molecular flexibility index (Phi) is 4.25. The van der Waals surface area contributed by atoms with Crippen molar-refractivity contribution in [3.8, 4) is 0 Å². The number of amides is 1. The van der Waals surface area contributed by atoms with Crippen molar-refractivity contribution in [1.82, 2.24) is 5.32 Å². The van der Waals surface area contributed by atoms with E-state index in [0.29, 0.717) is 0 Å². The lowest BCUT2D eigenvalue weighted by Gasteiger charge is -2.21. The third-order valence-electron chi connectivity index (χ3n) is 2.14. The van der Waals surface area contributed by atoms with Crippen LogP contribution in [0.1, 0.15) is 20.8 Å². The van der Waals surface area contributed by atoms with Crippen LogP contribution in [0.25, 0.3) is 0 Å². The number of carbonyl (C=O) groups excluding carboxylic acids is 2. The summed E-state index contributed by atoms with van der Waals surface area (Å²) in [5, 5.41) is 30.3. The minimum absolute atomic E-state index is 0.315. The molecule has 8 heteroatoms. The molecule has 0 aromatic carbocycles. The maximum atomic E-state index is 11.3. The van der Waals surface area contributed by atoms with Gasteiger partial charge in [-0.05, 0) is 20.8 Å². The number of alkyl carbamates (subject to hydrolysis) is 1. The first-order chi connectivity index (χ1) is 8.61. The normalized spacial score (nSPS) is 21.1. The second-order valence-electron chi connectivity index (χ2n) is 5.01. The highest BCUT2D eigenvalue weighted by Gasteiger charge is 2.39. The summed E-state index contributed by atoms with van der Waals surface area (Å²) in [5.74, 6) is -2.83. The third-order valence-corrected chi connectivity index (χ3v) is 2.14. The SMILES string of the molecule is CC(C)(C)OC(=O)NC[C@H](O)[C@H]1OC(=O)C(O)=C1O. The second kappa shape index (κ2) is 5.35. The monoisotopic (exact) mass is 275 g/mol. The van der Waals surface area contributed by atoms with E-state index in [2.05, 4.69) is 10.1 Å². The Bertz CT molecular complexity index is 410. The van der Waals surface area contributed by atoms with Crippen molar-refractivity contribution in [1.29, 1.82) is 0 Å². The topological polar surface area (TPSA) is 125 Å². The van der Waals surface area contributed by atoms with Gasteiger partial charge in [0.05, 0.1) is 6.54 Å². The van der Waals surface area contributed by atoms with Crippen LogP contribution in [-0.4, -0.2) is 51.7 Å². The van der Waals surface area contributed by atoms with Crippen molar-refractivity contribution in [3.63, 3.8) is 0 Å². The van der Waals surface area contributed by atoms with Crippen LogP contribution in [-0.2, 0) is 14.3 Å². The fourth-order valence-electron chi connectivity index (χ4n) is 1.34. The maximum Gasteiger partial charge on any atom is 0.407 e. The molecule has 2 atom stereocenters. The Labute approximate surface area is 109 Å². The lowest BCUT2D eigenvalue weighted by atomic mass is 10.1. The highest BCUT2D eigenvalue weighted by molar-refractivity contribution is 5.89. The molecule has 108 valence electrons. The molecule has 0 aromatic rings. The van der Waals surface area contributed by atoms with Gasteiger partial charge in [0.15, 0.2) is 11.9 Å². The molecule has 1 heterocycles. The van der Waals surface area contributed by atoms with E-state index in [0.717, 1.165) is 0 Å². The van der Waals surface area contributed by atoms with Crippen molar-refractivity contribution < 1.29 is 34.4 Å². The summed E-state index contributed by atoms with van der Waals surface area (Å²) >= 11 is 0. The Hall–Kier alpha value is -1.96. The quantitative estimate of drug-likeness (QED) is 0.539. The molecule has 0 aromatic heterocycles. The van der Waals surface area contributed by atoms with Gasteiger partial charge < -0.3 is 30.1 Å². The Balaban J connectivity index is 2.47. The number of hydrogen-bond acceptors (Lipinski definition) is 7. The highest BCUT2D eigenvalue weighted by Crippen LogP contribution is 2.21. The van der Waals surface area contributed by atoms with Gasteiger partial charge in [-0.1, -0.05) is 0 Å². The first kappa shape index (κ1) is 15.1. The molecule has 0 fully saturated rings. The Morgan fingerprint density at radius 1 is 1.47 bits per heavy atom. The zero-order valence-corrected chi connectivity index (χ0v) is 10.8. The van der Waals surface area contributed by atoms with Gasteiger partial charge in [-0.2, -0.15) is 0 Å². The van der Waals surface area contributed by atoms with Crippen molar-refractivity contribution in [2.24, 2.45) is 0 Å². The van der Waals surface area contributed by atoms with Crippen LogP contribution >= 0.6 is 0 Å². The number of carbonyl (C=O) groups is 2. The predicted molar refractivity (Wildman–Crippen MR) is 62.4 cm³/mol. The van der Waals surface area contributed by atoms with Crippen LogP contribution in [0, 0.1) is 0 Å². The molecule has 0 aliphatic carbocycles. The lowest BCUT2D eigenvalue weighted by molar-refractivity contribution is -0.146. The molecule has 0 saturated carbocycles. The Morgan fingerprint density at radius 2 is 2.05 bits per heavy atom. The third kappa shape index (κ3) is 4.02. The molecule has 0 unspecified atom stereocenters. The fraction of sp³-hybridized carbons (Fsp3) is 0.636. The van der Waals surface area contributed by atoms with E-state index in [1.54, 1.807) is 20.8 Å². The van der Waals surface area contributed by atoms with E-state index in [-0.39, 0.29) is 6.54 Å². The summed E-state index contributed by atoms with van der Waals surface area (Å²) in [6.07, 6.45) is -3.56. The molecule has 1 rings (SSSR count). The minimum atomic E-state index is -1.40. The average molecular weight is 275 g/mol. The van der Waals surface area contributed by atoms with Crippen molar-refractivity contribution in [3.05, 3.63) is 11.5 Å². The van der Waals surface area contributed by atoms with Crippen LogP contribution in [0.2, 0.25) is 0 Å². The van der Waals surface area contributed by atoms with E-state index >= 15 is 0 Å². The summed E-state index contributed by atoms with van der Waals surface area (Å²) in [4.78, 5) is 22.2. The van der Waals surface area contributed by atoms with Crippen molar-refractivity contribution in [2.75, 3.05) is 6.54 Å². The van der Waals surface area contributed by atoms with Crippen molar-refractivity contribution in [2.45, 2.75) is 38.6 Å². The number of nitrogens with one attached hydrogen (secondary N) is 1. The first-order valence-electron chi connectivity index (χ1n) is 5.60. The molecular formula is C11H17NO7. The van der Waals surface area contributed by atoms with Crippen LogP contribution in [0.5, 0.6) is 0 Å². The number of rotatable bonds is 3. The summed E-state index contributed by atoms with van der Waals surface area (Å²) in [7, 11) is 0. The summed E-state index contributed by atoms with van der Waals surface area (Å²) in [6, 6.07) is 0. The molecule has 4 N–H and O–H groups in total. The van der Waals surface area contributed by atoms with Gasteiger partial charge >= 0.3 is 12.1 Å². The van der Waals surface area contributed by atoms with E-state index in [9.17, 15) is 19.8 Å². The van der Waals surface area contributed by atoms with Gasteiger partial charge in [-0.15, -0.1) is 0 Å². The number of hydrogen-bond donors (Lipinski definition) is 4. The maximum absolute atomic E-state index is 11.3. The minimum Gasteiger partial charge on any atom is -0.505 e. The van der Waals surface area contributed by atoms with Gasteiger partial charge in [0.25, 0.3) is 0 Å². The molecule has 1 amide bonds. The number of aliphatic hydroxyl groups excluding tert-OH is 3. The summed E-state index contributed by atoms with van der Waals surface area (Å²) in [6.45, 7) is 4.71. The number of aliphatic hydroxyl groups is 3. The Morgan fingerprint density at radius 3 is 2.47 bits per heavy atom. The second-order valence-corrected chi connectivity index (χ2v) is 5.01. The zero-order valence-electron chi connectivity index (χ0n) is 10.8. The van der Waals surface area contributed by atoms with Crippen LogP contribution in [0.15, 0.2) is 11.5 Å². The van der Waals surface area contributed by atoms with Crippen molar-refractivity contribution >= 4 is 12.1 Å². The van der Waals surface area contributed by atoms with Gasteiger partial charge in [-0.3, -0.25) is 0 Å². The first-order valence-corrected chi connectivity index (χ1v) is 5.60. The van der Waals surface area contributed by atoms with E-state index < -0.39 is 41.4 Å². The smallest absolute Gasteiger partial charge is 0.407 e. The standard InChI is InChI=1S/C11H17NO7/c1-11(2,3)19-10(17)12-4-5(13)8-6(14)7(15)9(16)18-8/h5,8,13-15H,4H2,1-3H3,(H,12,17)/t5-,8+/m0/s1. The number of esters is 1. The molecule has 1 aliphatic rings. The molecule has 19 heavy (non-hydrogen) atoms. The molecule has 8 nitrogen and oxygen atoms in total. The number of cyclic esters (lactones) is 1. The number of ether oxygens (including phenoxy) is 2. The zero-order chi connectivity index (χ0) is 14.8. The van der Waals surface area contributed by atoms with Gasteiger partial charge in [0.1, 0.15) is 11.7 Å². The molecular weight excluding hydrogens is 258 g/mol. The van der Waals surface area contributed by atoms with Gasteiger partial charge in [0.2, 0.25) is 5.76 Å². The fourth-order valence-corrected chi connectivity index (χ4v) is 1.34. The van der Waals surface area contributed by atoms with Crippen LogP contribution < -0.4 is 5.32 Å². The van der Waals surface area contributed by atoms with Gasteiger partial charge in [-0.25, -0.2) is 9.59 Å². The molecule has 1 aliphatic heterocycles. The van der Waals surface area contributed by atoms with Gasteiger partial charge in [0, 0.05) is 0 Å². The van der Waals surface area contributed by atoms with E-state index in [1.165, 1.54) is 0 Å². The molecule has 0 radical (unpaired) electrons. The van der Waals surface area contributed by atoms with Crippen LogP contribution in [0.4, 0.5) is 4.79 Å². The largest absolute Gasteiger partial charge is 0.505 e. The predicted octanol–water partition coefficient (Wildman–Crippen LogP) is 0.125. The summed E-state index contributed by atoms with van der Waals surface area (Å²) < 4.78 is 9.45. The van der Waals surface area contributed by atoms with Crippen LogP contribution in [0.3, 0.4) is 0 Å². The highest BCUT2D eigenvalue weighted by atomic mass is 16.6. The summed E-state index contributed by atoms with van der Waals surface area (Å²) in [5.41, 5.74) is -0.685. The molecule has 0 saturated heterocycles. The molecule has 0 spiro atoms. The molecule has 0 bridgehead atoms.